The van der Waals surface area contributed by atoms with Crippen LogP contribution in [0, 0.1) is 23.7 Å². The smallest absolute Gasteiger partial charge is 0.305 e. The molecule has 0 aliphatic carbocycles. The second-order valence-corrected chi connectivity index (χ2v) is 20.9. The van der Waals surface area contributed by atoms with Crippen molar-refractivity contribution in [2.24, 2.45) is 30.0 Å². The third-order valence-corrected chi connectivity index (χ3v) is 15.7. The topological polar surface area (TPSA) is 241 Å². The Hall–Kier alpha value is -11.4. The standard InChI is InChI=1S/C68H58N12O8/c1-79-37-35-69-67(79)65-57-27-23-53(75-57)41(11-31-61(81)85-3)49-19-15-45(71-49)39(46-16-20-50(72-46)42(12-32-62(82)86-4)54-24-28-58(65)76-54)9-7-8-10-40-47-17-21-51(73-47)43(13-33-63(83)87-5)55-25-29-59(77-55)66(68-70-36-38-80(68)2)60-30-26-56(78-60)44(14-34-64(84)88-6)52-22-18-48(40)74-52/h15-30,35-38,69-70,75,77H,11-14,31-34H2,1-6H3/b46-39?,48-40?,49-41?,51-43?,54-42?,56-44?,67-65+,68-66+. The molecule has 4 N–H and O–H groups in total. The molecular formula is C68H58N12O8. The van der Waals surface area contributed by atoms with Crippen LogP contribution in [0.3, 0.4) is 0 Å². The van der Waals surface area contributed by atoms with Crippen LogP contribution in [0.1, 0.15) is 74.1 Å². The summed E-state index contributed by atoms with van der Waals surface area (Å²) in [5.41, 5.74) is 15.3. The van der Waals surface area contributed by atoms with Gasteiger partial charge in [-0.25, -0.2) is 30.0 Å². The molecule has 10 aliphatic heterocycles. The van der Waals surface area contributed by atoms with Gasteiger partial charge in [-0.15, -0.1) is 0 Å². The number of aromatic nitrogens is 2. The first-order valence-corrected chi connectivity index (χ1v) is 28.4. The van der Waals surface area contributed by atoms with Gasteiger partial charge in [0.2, 0.25) is 0 Å². The predicted molar refractivity (Wildman–Crippen MR) is 337 cm³/mol. The molecule has 88 heavy (non-hydrogen) atoms. The average molecular weight is 1170 g/mol. The van der Waals surface area contributed by atoms with Gasteiger partial charge in [-0.1, -0.05) is 0 Å². The maximum Gasteiger partial charge on any atom is 0.305 e. The highest BCUT2D eigenvalue weighted by atomic mass is 16.5. The molecule has 0 aromatic carbocycles. The Morgan fingerprint density at radius 2 is 0.705 bits per heavy atom. The first-order chi connectivity index (χ1) is 42.9. The number of rotatable bonds is 12. The van der Waals surface area contributed by atoms with Crippen LogP contribution >= 0.6 is 0 Å². The Morgan fingerprint density at radius 3 is 1.07 bits per heavy atom. The highest BCUT2D eigenvalue weighted by Crippen LogP contribution is 2.38. The molecule has 16 bridgehead atoms. The van der Waals surface area contributed by atoms with Gasteiger partial charge in [0.05, 0.1) is 131 Å². The monoisotopic (exact) mass is 1170 g/mol. The number of fused-ring (bicyclic) bond motifs is 10. The second kappa shape index (κ2) is 24.7. The van der Waals surface area contributed by atoms with Crippen LogP contribution in [0.2, 0.25) is 0 Å². The molecule has 0 unspecified atom stereocenters. The number of ether oxygens (including phenoxy) is 4. The summed E-state index contributed by atoms with van der Waals surface area (Å²) in [5.74, 6) is 13.0. The Morgan fingerprint density at radius 1 is 0.398 bits per heavy atom. The van der Waals surface area contributed by atoms with E-state index in [9.17, 15) is 19.2 Å². The van der Waals surface area contributed by atoms with Crippen LogP contribution in [-0.2, 0) is 38.1 Å². The van der Waals surface area contributed by atoms with Crippen molar-refractivity contribution in [3.8, 4) is 23.7 Å². The number of allylic oxidation sites excluding steroid dienone is 20. The summed E-state index contributed by atoms with van der Waals surface area (Å²) in [4.78, 5) is 93.6. The zero-order valence-electron chi connectivity index (χ0n) is 49.0. The van der Waals surface area contributed by atoms with Crippen molar-refractivity contribution in [1.29, 1.82) is 0 Å². The summed E-state index contributed by atoms with van der Waals surface area (Å²) in [6.07, 6.45) is 31.7. The summed E-state index contributed by atoms with van der Waals surface area (Å²) < 4.78 is 20.4. The molecule has 0 saturated carbocycles. The third kappa shape index (κ3) is 11.5. The van der Waals surface area contributed by atoms with Gasteiger partial charge in [0.25, 0.3) is 0 Å². The van der Waals surface area contributed by atoms with Gasteiger partial charge in [0.1, 0.15) is 11.6 Å². The Bertz CT molecular complexity index is 4090. The number of esters is 4. The quantitative estimate of drug-likeness (QED) is 0.0886. The highest BCUT2D eigenvalue weighted by Gasteiger charge is 2.30. The number of hydrogen-bond acceptors (Lipinski definition) is 18. The van der Waals surface area contributed by atoms with Crippen molar-refractivity contribution >= 4 is 80.4 Å². The van der Waals surface area contributed by atoms with E-state index in [-0.39, 0.29) is 62.4 Å². The minimum Gasteiger partial charge on any atom is -0.469 e. The minimum absolute atomic E-state index is 0.0751. The van der Waals surface area contributed by atoms with Gasteiger partial charge in [-0.05, 0) is 147 Å². The molecule has 2 aromatic rings. The normalized spacial score (nSPS) is 19.9. The average Bonchev–Trinajstić information content (AvgIpc) is 4.54. The van der Waals surface area contributed by atoms with Gasteiger partial charge in [0, 0.05) is 98.3 Å². The van der Waals surface area contributed by atoms with Gasteiger partial charge < -0.3 is 49.3 Å². The molecule has 12 heterocycles. The largest absolute Gasteiger partial charge is 0.469 e. The molecular weight excluding hydrogens is 1110 g/mol. The number of nitrogens with zero attached hydrogens (tertiary/aromatic N) is 8. The van der Waals surface area contributed by atoms with E-state index in [1.54, 1.807) is 0 Å². The predicted octanol–water partition coefficient (Wildman–Crippen LogP) is 8.74. The Kier molecular flexibility index (Phi) is 16.0. The number of H-pyrrole nitrogens is 2. The number of nitrogens with one attached hydrogen (secondary N) is 4. The zero-order chi connectivity index (χ0) is 61.0. The molecule has 0 fully saturated rings. The summed E-state index contributed by atoms with van der Waals surface area (Å²) in [7, 11) is 9.35. The molecule has 0 amide bonds. The maximum atomic E-state index is 12.8. The van der Waals surface area contributed by atoms with Crippen molar-refractivity contribution in [3.63, 3.8) is 0 Å². The van der Waals surface area contributed by atoms with E-state index < -0.39 is 0 Å². The summed E-state index contributed by atoms with van der Waals surface area (Å²) in [6, 6.07) is 7.89. The number of carbonyl (C=O) groups excluding carboxylic acids is 4. The van der Waals surface area contributed by atoms with Gasteiger partial charge in [-0.2, -0.15) is 0 Å². The maximum absolute atomic E-state index is 12.8. The number of carbonyl (C=O) groups is 4. The fourth-order valence-corrected chi connectivity index (χ4v) is 11.1. The molecule has 2 aromatic heterocycles. The first kappa shape index (κ1) is 57.1. The van der Waals surface area contributed by atoms with E-state index in [1.807, 2.05) is 146 Å². The second-order valence-electron chi connectivity index (χ2n) is 20.9. The molecule has 10 aliphatic rings. The lowest BCUT2D eigenvalue weighted by Crippen LogP contribution is -2.19. The molecule has 438 valence electrons. The molecule has 12 rings (SSSR count). The van der Waals surface area contributed by atoms with E-state index in [2.05, 4.69) is 44.3 Å². The Balaban J connectivity index is 1.02. The summed E-state index contributed by atoms with van der Waals surface area (Å²) in [6.45, 7) is 0. The van der Waals surface area contributed by atoms with E-state index in [4.69, 9.17) is 48.9 Å². The van der Waals surface area contributed by atoms with Crippen LogP contribution in [-0.4, -0.2) is 120 Å². The van der Waals surface area contributed by atoms with Crippen molar-refractivity contribution in [2.75, 3.05) is 42.5 Å². The molecule has 0 saturated heterocycles. The van der Waals surface area contributed by atoms with Gasteiger partial charge in [-0.3, -0.25) is 19.2 Å². The van der Waals surface area contributed by atoms with Crippen molar-refractivity contribution < 1.29 is 38.1 Å². The van der Waals surface area contributed by atoms with E-state index in [1.165, 1.54) is 28.4 Å². The fourth-order valence-electron chi connectivity index (χ4n) is 11.1. The van der Waals surface area contributed by atoms with Crippen LogP contribution in [0.15, 0.2) is 220 Å². The number of methoxy groups -OCH3 is 4. The zero-order valence-corrected chi connectivity index (χ0v) is 49.0. The fraction of sp³-hybridized carbons (Fsp3) is 0.206. The number of aromatic amines is 2. The van der Waals surface area contributed by atoms with Crippen molar-refractivity contribution in [2.45, 2.75) is 51.4 Å². The summed E-state index contributed by atoms with van der Waals surface area (Å²) in [5, 5.41) is 6.76. The van der Waals surface area contributed by atoms with Crippen LogP contribution < -0.4 is 10.6 Å². The van der Waals surface area contributed by atoms with Crippen molar-refractivity contribution in [3.05, 3.63) is 213 Å². The van der Waals surface area contributed by atoms with Crippen LogP contribution in [0.4, 0.5) is 0 Å². The van der Waals surface area contributed by atoms with Crippen LogP contribution in [0.5, 0.6) is 0 Å². The number of aliphatic imine (C=N–C) groups is 6. The lowest BCUT2D eigenvalue weighted by molar-refractivity contribution is -0.141. The molecule has 0 radical (unpaired) electrons. The lowest BCUT2D eigenvalue weighted by Gasteiger charge is -2.17. The van der Waals surface area contributed by atoms with E-state index in [0.717, 1.165) is 67.9 Å². The highest BCUT2D eigenvalue weighted by molar-refractivity contribution is 6.32. The molecule has 20 nitrogen and oxygen atoms in total. The lowest BCUT2D eigenvalue weighted by atomic mass is 10.0. The first-order valence-electron chi connectivity index (χ1n) is 28.4. The van der Waals surface area contributed by atoms with E-state index in [0.29, 0.717) is 92.4 Å². The summed E-state index contributed by atoms with van der Waals surface area (Å²) >= 11 is 0. The molecule has 20 heteroatoms. The van der Waals surface area contributed by atoms with E-state index >= 15 is 0 Å². The van der Waals surface area contributed by atoms with Gasteiger partial charge >= 0.3 is 23.9 Å². The SMILES string of the molecule is COC(=O)CCC1=C2C=CC(=N2)/C(=C2\NC=CN2C)c2ccc([nH]2)C(CCC(=O)OC)=C2C=CC(=N2)C(C#CC#CC2=C3C=CC(=N3)C(CCC(=O)OC)=C3C=CC(=N3)/C(=C3\NC=CN3C)c3ccc([nH]3)C(CCC(=O)OC)=C3C=CC2=N3)=C2C=CC1=N2. The molecule has 0 spiro atoms. The Labute approximate surface area is 507 Å². The van der Waals surface area contributed by atoms with Gasteiger partial charge in [0.15, 0.2) is 0 Å². The molecule has 0 atom stereocenters. The van der Waals surface area contributed by atoms with Crippen LogP contribution in [0.25, 0.3) is 22.3 Å². The third-order valence-electron chi connectivity index (χ3n) is 15.7. The van der Waals surface area contributed by atoms with Crippen molar-refractivity contribution in [1.82, 2.24) is 30.4 Å². The minimum atomic E-state index is -0.383. The number of hydrogen-bond donors (Lipinski definition) is 4.